The van der Waals surface area contributed by atoms with Crippen molar-refractivity contribution in [2.24, 2.45) is 5.92 Å². The van der Waals surface area contributed by atoms with Crippen molar-refractivity contribution < 1.29 is 13.9 Å². The maximum atomic E-state index is 14.0. The molecule has 0 saturated heterocycles. The third-order valence-corrected chi connectivity index (χ3v) is 3.79. The number of hydrogen-bond donors (Lipinski definition) is 2. The van der Waals surface area contributed by atoms with E-state index in [0.717, 1.165) is 6.07 Å². The predicted octanol–water partition coefficient (Wildman–Crippen LogP) is 2.68. The zero-order valence-corrected chi connectivity index (χ0v) is 11.2. The molecular formula is C15H15F2N3O. The molecule has 1 aromatic heterocycles. The van der Waals surface area contributed by atoms with Gasteiger partial charge in [-0.05, 0) is 24.8 Å². The lowest BCUT2D eigenvalue weighted by Crippen LogP contribution is -2.36. The van der Waals surface area contributed by atoms with Gasteiger partial charge in [-0.3, -0.25) is 4.98 Å². The van der Waals surface area contributed by atoms with E-state index >= 15 is 0 Å². The normalized spacial score (nSPS) is 22.4. The molecular weight excluding hydrogens is 276 g/mol. The summed E-state index contributed by atoms with van der Waals surface area (Å²) >= 11 is 0. The van der Waals surface area contributed by atoms with E-state index in [9.17, 15) is 13.9 Å². The van der Waals surface area contributed by atoms with Crippen molar-refractivity contribution in [3.05, 3.63) is 54.0 Å². The Bertz CT molecular complexity index is 618. The Morgan fingerprint density at radius 3 is 2.67 bits per heavy atom. The van der Waals surface area contributed by atoms with Gasteiger partial charge in [0.1, 0.15) is 17.5 Å². The van der Waals surface area contributed by atoms with Gasteiger partial charge in [-0.25, -0.2) is 13.8 Å². The molecule has 2 aromatic rings. The molecule has 21 heavy (non-hydrogen) atoms. The fourth-order valence-corrected chi connectivity index (χ4v) is 2.64. The molecule has 2 N–H and O–H groups in total. The maximum Gasteiger partial charge on any atom is 0.144 e. The highest BCUT2D eigenvalue weighted by Gasteiger charge is 2.36. The van der Waals surface area contributed by atoms with Crippen LogP contribution in [-0.4, -0.2) is 21.2 Å². The summed E-state index contributed by atoms with van der Waals surface area (Å²) in [6.07, 6.45) is 5.43. The van der Waals surface area contributed by atoms with Gasteiger partial charge in [0, 0.05) is 24.0 Å². The number of rotatable bonds is 4. The fourth-order valence-electron chi connectivity index (χ4n) is 2.64. The van der Waals surface area contributed by atoms with Crippen LogP contribution in [0.2, 0.25) is 0 Å². The molecule has 0 radical (unpaired) electrons. The molecule has 3 rings (SSSR count). The Balaban J connectivity index is 1.88. The molecule has 1 saturated carbocycles. The summed E-state index contributed by atoms with van der Waals surface area (Å²) in [6.45, 7) is 0. The highest BCUT2D eigenvalue weighted by Crippen LogP contribution is 2.40. The smallest absolute Gasteiger partial charge is 0.144 e. The van der Waals surface area contributed by atoms with Crippen LogP contribution < -0.4 is 5.32 Å². The first-order valence-electron chi connectivity index (χ1n) is 6.79. The van der Waals surface area contributed by atoms with Crippen LogP contribution in [0.4, 0.5) is 14.6 Å². The van der Waals surface area contributed by atoms with Crippen molar-refractivity contribution in [2.45, 2.75) is 25.0 Å². The number of aliphatic hydroxyl groups is 1. The zero-order valence-electron chi connectivity index (χ0n) is 11.2. The van der Waals surface area contributed by atoms with Gasteiger partial charge in [0.25, 0.3) is 0 Å². The molecule has 0 bridgehead atoms. The average Bonchev–Trinajstić information content (AvgIpc) is 2.43. The van der Waals surface area contributed by atoms with E-state index in [4.69, 9.17) is 0 Å². The number of anilines is 1. The van der Waals surface area contributed by atoms with Crippen LogP contribution >= 0.6 is 0 Å². The summed E-state index contributed by atoms with van der Waals surface area (Å²) in [4.78, 5) is 8.08. The van der Waals surface area contributed by atoms with Crippen molar-refractivity contribution in [1.82, 2.24) is 9.97 Å². The van der Waals surface area contributed by atoms with Crippen molar-refractivity contribution in [1.29, 1.82) is 0 Å². The number of hydrogen-bond acceptors (Lipinski definition) is 4. The number of benzene rings is 1. The molecule has 1 fully saturated rings. The minimum atomic E-state index is -0.608. The van der Waals surface area contributed by atoms with E-state index in [-0.39, 0.29) is 18.1 Å². The highest BCUT2D eigenvalue weighted by atomic mass is 19.1. The van der Waals surface area contributed by atoms with Gasteiger partial charge in [0.15, 0.2) is 0 Å². The molecule has 110 valence electrons. The van der Waals surface area contributed by atoms with Crippen LogP contribution in [0.1, 0.15) is 24.4 Å². The van der Waals surface area contributed by atoms with E-state index in [0.29, 0.717) is 24.2 Å². The molecule has 1 aliphatic rings. The predicted molar refractivity (Wildman–Crippen MR) is 73.5 cm³/mol. The van der Waals surface area contributed by atoms with Gasteiger partial charge in [0.05, 0.1) is 18.3 Å². The summed E-state index contributed by atoms with van der Waals surface area (Å²) in [6, 6.07) is 3.17. The van der Waals surface area contributed by atoms with Crippen LogP contribution in [0, 0.1) is 17.6 Å². The van der Waals surface area contributed by atoms with Crippen molar-refractivity contribution in [2.75, 3.05) is 5.32 Å². The second-order valence-corrected chi connectivity index (χ2v) is 5.26. The third-order valence-electron chi connectivity index (χ3n) is 3.79. The molecule has 1 atom stereocenters. The van der Waals surface area contributed by atoms with Gasteiger partial charge in [-0.1, -0.05) is 6.07 Å². The van der Waals surface area contributed by atoms with Gasteiger partial charge >= 0.3 is 0 Å². The first-order valence-corrected chi connectivity index (χ1v) is 6.79. The first kappa shape index (κ1) is 13.9. The summed E-state index contributed by atoms with van der Waals surface area (Å²) < 4.78 is 27.1. The largest absolute Gasteiger partial charge is 0.393 e. The summed E-state index contributed by atoms with van der Waals surface area (Å²) in [5.41, 5.74) is 0.374. The van der Waals surface area contributed by atoms with E-state index in [1.165, 1.54) is 18.3 Å². The minimum Gasteiger partial charge on any atom is -0.393 e. The molecule has 1 heterocycles. The standard InChI is InChI=1S/C15H15F2N3O/c16-10-1-2-12(13(17)7-10)15(9-5-11(21)6-9)20-14-8-18-3-4-19-14/h1-4,7-9,11,15,21H,5-6H2,(H,19,20)/t9?,11?,15-/m1/s1. The van der Waals surface area contributed by atoms with Gasteiger partial charge in [0.2, 0.25) is 0 Å². The van der Waals surface area contributed by atoms with Gasteiger partial charge in [-0.15, -0.1) is 0 Å². The number of halogens is 2. The Hall–Kier alpha value is -2.08. The van der Waals surface area contributed by atoms with Gasteiger partial charge < -0.3 is 10.4 Å². The summed E-state index contributed by atoms with van der Waals surface area (Å²) in [5.74, 6) is -0.615. The molecule has 0 unspecified atom stereocenters. The average molecular weight is 291 g/mol. The Kier molecular flexibility index (Phi) is 3.79. The second-order valence-electron chi connectivity index (χ2n) is 5.26. The molecule has 0 spiro atoms. The molecule has 1 aromatic carbocycles. The van der Waals surface area contributed by atoms with E-state index < -0.39 is 11.6 Å². The monoisotopic (exact) mass is 291 g/mol. The molecule has 1 aliphatic carbocycles. The van der Waals surface area contributed by atoms with E-state index in [1.807, 2.05) is 0 Å². The lowest BCUT2D eigenvalue weighted by atomic mass is 9.75. The van der Waals surface area contributed by atoms with Gasteiger partial charge in [-0.2, -0.15) is 0 Å². The second kappa shape index (κ2) is 5.73. The third kappa shape index (κ3) is 3.00. The Morgan fingerprint density at radius 2 is 2.05 bits per heavy atom. The fraction of sp³-hybridized carbons (Fsp3) is 0.333. The van der Waals surface area contributed by atoms with E-state index in [2.05, 4.69) is 15.3 Å². The maximum absolute atomic E-state index is 14.0. The quantitative estimate of drug-likeness (QED) is 0.909. The first-order chi connectivity index (χ1) is 10.1. The number of aromatic nitrogens is 2. The topological polar surface area (TPSA) is 58.0 Å². The SMILES string of the molecule is OC1CC([C@@H](Nc2cnccn2)c2ccc(F)cc2F)C1. The lowest BCUT2D eigenvalue weighted by molar-refractivity contribution is 0.0334. The van der Waals surface area contributed by atoms with Crippen molar-refractivity contribution in [3.8, 4) is 0 Å². The minimum absolute atomic E-state index is 0.0713. The van der Waals surface area contributed by atoms with Crippen LogP contribution in [0.25, 0.3) is 0 Å². The Labute approximate surface area is 120 Å². The molecule has 6 heteroatoms. The van der Waals surface area contributed by atoms with Crippen molar-refractivity contribution in [3.63, 3.8) is 0 Å². The molecule has 4 nitrogen and oxygen atoms in total. The van der Waals surface area contributed by atoms with E-state index in [1.54, 1.807) is 12.4 Å². The molecule has 0 aliphatic heterocycles. The number of nitrogens with one attached hydrogen (secondary N) is 1. The number of aliphatic hydroxyl groups excluding tert-OH is 1. The summed E-state index contributed by atoms with van der Waals surface area (Å²) in [7, 11) is 0. The van der Waals surface area contributed by atoms with Crippen molar-refractivity contribution >= 4 is 5.82 Å². The van der Waals surface area contributed by atoms with Crippen LogP contribution in [0.3, 0.4) is 0 Å². The van der Waals surface area contributed by atoms with Crippen LogP contribution in [-0.2, 0) is 0 Å². The lowest BCUT2D eigenvalue weighted by Gasteiger charge is -2.38. The van der Waals surface area contributed by atoms with Crippen LogP contribution in [0.5, 0.6) is 0 Å². The van der Waals surface area contributed by atoms with Crippen LogP contribution in [0.15, 0.2) is 36.8 Å². The highest BCUT2D eigenvalue weighted by molar-refractivity contribution is 5.37. The number of nitrogens with zero attached hydrogens (tertiary/aromatic N) is 2. The summed E-state index contributed by atoms with van der Waals surface area (Å²) in [5, 5.41) is 12.6. The Morgan fingerprint density at radius 1 is 1.24 bits per heavy atom. The zero-order chi connectivity index (χ0) is 14.8. The molecule has 0 amide bonds.